The van der Waals surface area contributed by atoms with Gasteiger partial charge in [-0.15, -0.1) is 0 Å². The Morgan fingerprint density at radius 3 is 3.11 bits per heavy atom. The Balaban J connectivity index is 1.96. The molecule has 0 amide bonds. The monoisotopic (exact) mass is 329 g/mol. The number of hydrogen-bond acceptors (Lipinski definition) is 2. The van der Waals surface area contributed by atoms with Gasteiger partial charge in [0.05, 0.1) is 18.8 Å². The molecule has 0 spiro atoms. The van der Waals surface area contributed by atoms with E-state index in [4.69, 9.17) is 16.3 Å². The molecule has 1 saturated heterocycles. The molecule has 1 aromatic rings. The molecule has 2 nitrogen and oxygen atoms in total. The fourth-order valence-electron chi connectivity index (χ4n) is 3.17. The lowest BCUT2D eigenvalue weighted by molar-refractivity contribution is 0.0256. The van der Waals surface area contributed by atoms with Gasteiger partial charge in [-0.1, -0.05) is 33.6 Å². The summed E-state index contributed by atoms with van der Waals surface area (Å²) in [6.07, 6.45) is 4.13. The van der Waals surface area contributed by atoms with Crippen molar-refractivity contribution in [3.63, 3.8) is 0 Å². The minimum Gasteiger partial charge on any atom is -0.374 e. The third kappa shape index (κ3) is 2.17. The molecule has 4 heteroatoms. The molecule has 1 saturated carbocycles. The van der Waals surface area contributed by atoms with Gasteiger partial charge in [-0.05, 0) is 31.4 Å². The Kier molecular flexibility index (Phi) is 3.83. The molecule has 0 bridgehead atoms. The number of anilines is 1. The minimum absolute atomic E-state index is 0.418. The molecule has 98 valence electrons. The van der Waals surface area contributed by atoms with Crippen LogP contribution in [0, 0.1) is 0 Å². The van der Waals surface area contributed by atoms with E-state index in [1.54, 1.807) is 0 Å². The van der Waals surface area contributed by atoms with Crippen molar-refractivity contribution >= 4 is 33.2 Å². The summed E-state index contributed by atoms with van der Waals surface area (Å²) in [6, 6.07) is 6.73. The molecule has 1 aliphatic carbocycles. The van der Waals surface area contributed by atoms with E-state index >= 15 is 0 Å². The maximum absolute atomic E-state index is 6.30. The van der Waals surface area contributed by atoms with Gasteiger partial charge in [-0.25, -0.2) is 0 Å². The highest BCUT2D eigenvalue weighted by molar-refractivity contribution is 9.08. The maximum Gasteiger partial charge on any atom is 0.0779 e. The van der Waals surface area contributed by atoms with Crippen molar-refractivity contribution in [1.29, 1.82) is 0 Å². The molecule has 1 aromatic carbocycles. The highest BCUT2D eigenvalue weighted by Crippen LogP contribution is 2.37. The van der Waals surface area contributed by atoms with Crippen molar-refractivity contribution in [1.82, 2.24) is 0 Å². The van der Waals surface area contributed by atoms with Gasteiger partial charge in [0, 0.05) is 28.1 Å². The van der Waals surface area contributed by atoms with Gasteiger partial charge < -0.3 is 9.64 Å². The Morgan fingerprint density at radius 2 is 2.28 bits per heavy atom. The lowest BCUT2D eigenvalue weighted by Crippen LogP contribution is -2.49. The summed E-state index contributed by atoms with van der Waals surface area (Å²) in [7, 11) is 0. The molecule has 0 N–H and O–H groups in total. The first-order valence-electron chi connectivity index (χ1n) is 6.53. The SMILES string of the molecule is Clc1cccc(N2CCOC3CCCC32)c1CBr. The van der Waals surface area contributed by atoms with Crippen LogP contribution in [0.15, 0.2) is 18.2 Å². The highest BCUT2D eigenvalue weighted by Gasteiger charge is 2.36. The second kappa shape index (κ2) is 5.40. The summed E-state index contributed by atoms with van der Waals surface area (Å²) in [6.45, 7) is 1.80. The second-order valence-corrected chi connectivity index (χ2v) is 5.94. The third-order valence-electron chi connectivity index (χ3n) is 4.02. The Hall–Kier alpha value is -0.250. The molecular weight excluding hydrogens is 314 g/mol. The number of ether oxygens (including phenoxy) is 1. The maximum atomic E-state index is 6.30. The van der Waals surface area contributed by atoms with Gasteiger partial charge in [0.25, 0.3) is 0 Å². The van der Waals surface area contributed by atoms with E-state index in [0.717, 1.165) is 23.5 Å². The largest absolute Gasteiger partial charge is 0.374 e. The van der Waals surface area contributed by atoms with Crippen LogP contribution in [0.25, 0.3) is 0 Å². The average molecular weight is 331 g/mol. The topological polar surface area (TPSA) is 12.5 Å². The van der Waals surface area contributed by atoms with Crippen LogP contribution in [0.1, 0.15) is 24.8 Å². The highest BCUT2D eigenvalue weighted by atomic mass is 79.9. The molecule has 3 rings (SSSR count). The number of fused-ring (bicyclic) bond motifs is 1. The van der Waals surface area contributed by atoms with Crippen molar-refractivity contribution < 1.29 is 4.74 Å². The predicted octanol–water partition coefficient (Wildman–Crippen LogP) is 3.99. The van der Waals surface area contributed by atoms with Gasteiger partial charge in [-0.2, -0.15) is 0 Å². The normalized spacial score (nSPS) is 27.3. The lowest BCUT2D eigenvalue weighted by Gasteiger charge is -2.40. The number of morpholine rings is 1. The van der Waals surface area contributed by atoms with E-state index in [9.17, 15) is 0 Å². The minimum atomic E-state index is 0.418. The van der Waals surface area contributed by atoms with E-state index < -0.39 is 0 Å². The quantitative estimate of drug-likeness (QED) is 0.760. The van der Waals surface area contributed by atoms with Crippen LogP contribution in [0.4, 0.5) is 5.69 Å². The Morgan fingerprint density at radius 1 is 1.39 bits per heavy atom. The Bertz CT molecular complexity index is 440. The smallest absolute Gasteiger partial charge is 0.0779 e. The second-order valence-electron chi connectivity index (χ2n) is 4.97. The van der Waals surface area contributed by atoms with Crippen molar-refractivity contribution in [2.75, 3.05) is 18.1 Å². The predicted molar refractivity (Wildman–Crippen MR) is 78.8 cm³/mol. The van der Waals surface area contributed by atoms with E-state index in [-0.39, 0.29) is 0 Å². The van der Waals surface area contributed by atoms with Gasteiger partial charge >= 0.3 is 0 Å². The van der Waals surface area contributed by atoms with E-state index in [1.165, 1.54) is 30.5 Å². The van der Waals surface area contributed by atoms with Crippen LogP contribution < -0.4 is 4.90 Å². The summed E-state index contributed by atoms with van der Waals surface area (Å²) in [5.41, 5.74) is 2.48. The summed E-state index contributed by atoms with van der Waals surface area (Å²) in [4.78, 5) is 2.50. The zero-order valence-electron chi connectivity index (χ0n) is 10.2. The molecular formula is C14H17BrClNO. The molecule has 2 aliphatic rings. The number of hydrogen-bond donors (Lipinski definition) is 0. The van der Waals surface area contributed by atoms with Crippen LogP contribution in [-0.2, 0) is 10.1 Å². The Labute approximate surface area is 121 Å². The van der Waals surface area contributed by atoms with Gasteiger partial charge in [-0.3, -0.25) is 0 Å². The number of rotatable bonds is 2. The molecule has 1 heterocycles. The van der Waals surface area contributed by atoms with Crippen LogP contribution in [0.2, 0.25) is 5.02 Å². The van der Waals surface area contributed by atoms with Crippen molar-refractivity contribution in [2.45, 2.75) is 36.7 Å². The summed E-state index contributed by atoms with van der Waals surface area (Å²) < 4.78 is 5.87. The number of halogens is 2. The zero-order valence-corrected chi connectivity index (χ0v) is 12.6. The first kappa shape index (κ1) is 12.8. The fourth-order valence-corrected chi connectivity index (χ4v) is 4.16. The first-order valence-corrected chi connectivity index (χ1v) is 8.03. The van der Waals surface area contributed by atoms with Crippen LogP contribution in [0.5, 0.6) is 0 Å². The molecule has 0 radical (unpaired) electrons. The summed E-state index contributed by atoms with van der Waals surface area (Å²) in [5.74, 6) is 0. The van der Waals surface area contributed by atoms with Crippen LogP contribution >= 0.6 is 27.5 Å². The molecule has 2 atom stereocenters. The zero-order chi connectivity index (χ0) is 12.5. The van der Waals surface area contributed by atoms with E-state index in [0.29, 0.717) is 12.1 Å². The summed E-state index contributed by atoms with van der Waals surface area (Å²) >= 11 is 9.86. The standard InChI is InChI=1S/C14H17BrClNO/c15-9-10-11(16)3-1-4-12(10)17-7-8-18-14-6-2-5-13(14)17/h1,3-4,13-14H,2,5-9H2. The third-order valence-corrected chi connectivity index (χ3v) is 4.93. The van der Waals surface area contributed by atoms with Crippen molar-refractivity contribution in [3.05, 3.63) is 28.8 Å². The number of benzene rings is 1. The van der Waals surface area contributed by atoms with Gasteiger partial charge in [0.1, 0.15) is 0 Å². The van der Waals surface area contributed by atoms with E-state index in [2.05, 4.69) is 26.9 Å². The average Bonchev–Trinajstić information content (AvgIpc) is 2.86. The van der Waals surface area contributed by atoms with Gasteiger partial charge in [0.2, 0.25) is 0 Å². The van der Waals surface area contributed by atoms with Crippen LogP contribution in [0.3, 0.4) is 0 Å². The number of nitrogens with zero attached hydrogens (tertiary/aromatic N) is 1. The van der Waals surface area contributed by atoms with Crippen LogP contribution in [-0.4, -0.2) is 25.3 Å². The van der Waals surface area contributed by atoms with Crippen molar-refractivity contribution in [3.8, 4) is 0 Å². The molecule has 18 heavy (non-hydrogen) atoms. The summed E-state index contributed by atoms with van der Waals surface area (Å²) in [5, 5.41) is 1.65. The number of alkyl halides is 1. The van der Waals surface area contributed by atoms with E-state index in [1.807, 2.05) is 12.1 Å². The fraction of sp³-hybridized carbons (Fsp3) is 0.571. The van der Waals surface area contributed by atoms with Gasteiger partial charge in [0.15, 0.2) is 0 Å². The lowest BCUT2D eigenvalue weighted by atomic mass is 10.1. The molecule has 2 fully saturated rings. The first-order chi connectivity index (χ1) is 8.81. The molecule has 1 aliphatic heterocycles. The molecule has 2 unspecified atom stereocenters. The van der Waals surface area contributed by atoms with Crippen molar-refractivity contribution in [2.24, 2.45) is 0 Å². The molecule has 0 aromatic heterocycles.